The molecule has 0 spiro atoms. The van der Waals surface area contributed by atoms with Crippen LogP contribution in [0.1, 0.15) is 29.5 Å². The van der Waals surface area contributed by atoms with Crippen molar-refractivity contribution in [3.8, 4) is 6.07 Å². The second-order valence-electron chi connectivity index (χ2n) is 5.39. The first-order chi connectivity index (χ1) is 10.8. The van der Waals surface area contributed by atoms with E-state index in [1.165, 1.54) is 4.70 Å². The molecule has 0 radical (unpaired) electrons. The number of benzene rings is 1. The number of fused-ring (bicyclic) bond motifs is 1. The van der Waals surface area contributed by atoms with Crippen molar-refractivity contribution in [3.05, 3.63) is 53.2 Å². The predicted octanol–water partition coefficient (Wildman–Crippen LogP) is 3.90. The van der Waals surface area contributed by atoms with Gasteiger partial charge < -0.3 is 4.90 Å². The Labute approximate surface area is 132 Å². The van der Waals surface area contributed by atoms with Crippen LogP contribution in [-0.4, -0.2) is 16.5 Å². The molecule has 108 valence electrons. The van der Waals surface area contributed by atoms with Gasteiger partial charge in [-0.2, -0.15) is 5.26 Å². The molecular formula is C17H14N4S. The molecule has 0 N–H and O–H groups in total. The third kappa shape index (κ3) is 2.22. The number of pyridine rings is 1. The highest BCUT2D eigenvalue weighted by molar-refractivity contribution is 7.18. The van der Waals surface area contributed by atoms with Gasteiger partial charge in [0.25, 0.3) is 0 Å². The summed E-state index contributed by atoms with van der Waals surface area (Å²) in [5.74, 6) is 0.931. The van der Waals surface area contributed by atoms with Gasteiger partial charge in [0.1, 0.15) is 16.9 Å². The fourth-order valence-electron chi connectivity index (χ4n) is 2.95. The van der Waals surface area contributed by atoms with Crippen molar-refractivity contribution in [1.82, 2.24) is 9.97 Å². The summed E-state index contributed by atoms with van der Waals surface area (Å²) in [6.45, 7) is 0.986. The maximum atomic E-state index is 8.89. The zero-order valence-corrected chi connectivity index (χ0v) is 12.8. The average Bonchev–Trinajstić information content (AvgIpc) is 3.21. The molecule has 1 unspecified atom stereocenters. The molecule has 4 nitrogen and oxygen atoms in total. The maximum absolute atomic E-state index is 8.89. The number of thiazole rings is 1. The van der Waals surface area contributed by atoms with Gasteiger partial charge >= 0.3 is 0 Å². The molecule has 1 saturated heterocycles. The number of hydrogen-bond acceptors (Lipinski definition) is 5. The molecule has 2 aromatic heterocycles. The zero-order valence-electron chi connectivity index (χ0n) is 11.9. The summed E-state index contributed by atoms with van der Waals surface area (Å²) in [7, 11) is 0. The van der Waals surface area contributed by atoms with Gasteiger partial charge in [-0.25, -0.2) is 9.97 Å². The van der Waals surface area contributed by atoms with Gasteiger partial charge in [0.05, 0.1) is 21.8 Å². The number of aromatic nitrogens is 2. The van der Waals surface area contributed by atoms with Gasteiger partial charge in [0, 0.05) is 12.7 Å². The molecule has 22 heavy (non-hydrogen) atoms. The van der Waals surface area contributed by atoms with Gasteiger partial charge in [-0.1, -0.05) is 12.1 Å². The van der Waals surface area contributed by atoms with Crippen molar-refractivity contribution in [2.45, 2.75) is 18.9 Å². The van der Waals surface area contributed by atoms with Crippen LogP contribution in [0.25, 0.3) is 10.2 Å². The van der Waals surface area contributed by atoms with Crippen LogP contribution in [0.4, 0.5) is 5.82 Å². The summed E-state index contributed by atoms with van der Waals surface area (Å²) in [5, 5.41) is 10.0. The highest BCUT2D eigenvalue weighted by Gasteiger charge is 2.29. The molecule has 1 aromatic carbocycles. The number of anilines is 1. The molecule has 1 aliphatic rings. The molecule has 0 saturated carbocycles. The van der Waals surface area contributed by atoms with Gasteiger partial charge in [-0.05, 0) is 37.1 Å². The molecule has 1 aliphatic heterocycles. The van der Waals surface area contributed by atoms with E-state index >= 15 is 0 Å². The number of nitriles is 1. The smallest absolute Gasteiger partial charge is 0.129 e. The van der Waals surface area contributed by atoms with Gasteiger partial charge in [-0.3, -0.25) is 0 Å². The van der Waals surface area contributed by atoms with Crippen LogP contribution in [0, 0.1) is 11.3 Å². The Morgan fingerprint density at radius 3 is 2.91 bits per heavy atom. The largest absolute Gasteiger partial charge is 0.347 e. The molecule has 3 aromatic rings. The van der Waals surface area contributed by atoms with Gasteiger partial charge in [0.2, 0.25) is 0 Å². The van der Waals surface area contributed by atoms with Crippen molar-refractivity contribution in [1.29, 1.82) is 5.26 Å². The normalized spacial score (nSPS) is 17.8. The Hall–Kier alpha value is -2.45. The molecule has 0 amide bonds. The van der Waals surface area contributed by atoms with E-state index < -0.39 is 0 Å². The second-order valence-corrected chi connectivity index (χ2v) is 6.45. The lowest BCUT2D eigenvalue weighted by Crippen LogP contribution is -2.23. The Bertz CT molecular complexity index is 814. The maximum Gasteiger partial charge on any atom is 0.129 e. The summed E-state index contributed by atoms with van der Waals surface area (Å²) in [6, 6.07) is 14.4. The number of hydrogen-bond donors (Lipinski definition) is 0. The van der Waals surface area contributed by atoms with Gasteiger partial charge in [0.15, 0.2) is 0 Å². The minimum atomic E-state index is 0.290. The van der Waals surface area contributed by atoms with Gasteiger partial charge in [-0.15, -0.1) is 11.3 Å². The molecule has 1 fully saturated rings. The summed E-state index contributed by atoms with van der Waals surface area (Å²) in [6.07, 6.45) is 3.88. The fourth-order valence-corrected chi connectivity index (χ4v) is 4.07. The molecular weight excluding hydrogens is 292 g/mol. The van der Waals surface area contributed by atoms with Crippen LogP contribution in [0.2, 0.25) is 0 Å². The first-order valence-corrected chi connectivity index (χ1v) is 8.15. The Morgan fingerprint density at radius 2 is 2.14 bits per heavy atom. The van der Waals surface area contributed by atoms with Crippen molar-refractivity contribution < 1.29 is 0 Å². The van der Waals surface area contributed by atoms with E-state index in [2.05, 4.69) is 34.2 Å². The first kappa shape index (κ1) is 13.2. The highest BCUT2D eigenvalue weighted by Crippen LogP contribution is 2.38. The second kappa shape index (κ2) is 5.39. The third-order valence-electron chi connectivity index (χ3n) is 4.02. The predicted molar refractivity (Wildman–Crippen MR) is 87.9 cm³/mol. The summed E-state index contributed by atoms with van der Waals surface area (Å²) >= 11 is 1.77. The van der Waals surface area contributed by atoms with Crippen LogP contribution in [0.5, 0.6) is 0 Å². The Balaban J connectivity index is 1.69. The minimum absolute atomic E-state index is 0.290. The van der Waals surface area contributed by atoms with Crippen LogP contribution in [-0.2, 0) is 0 Å². The lowest BCUT2D eigenvalue weighted by atomic mass is 10.2. The number of rotatable bonds is 2. The van der Waals surface area contributed by atoms with Crippen LogP contribution in [0.15, 0.2) is 42.6 Å². The molecule has 3 heterocycles. The number of para-hydroxylation sites is 1. The van der Waals surface area contributed by atoms with E-state index in [0.29, 0.717) is 5.56 Å². The van der Waals surface area contributed by atoms with Crippen molar-refractivity contribution in [2.24, 2.45) is 0 Å². The van der Waals surface area contributed by atoms with E-state index in [1.54, 1.807) is 17.5 Å². The van der Waals surface area contributed by atoms with Crippen LogP contribution >= 0.6 is 11.3 Å². The zero-order chi connectivity index (χ0) is 14.9. The monoisotopic (exact) mass is 306 g/mol. The first-order valence-electron chi connectivity index (χ1n) is 7.33. The molecule has 1 atom stereocenters. The Kier molecular flexibility index (Phi) is 3.24. The number of nitrogens with zero attached hydrogens (tertiary/aromatic N) is 4. The van der Waals surface area contributed by atoms with E-state index in [-0.39, 0.29) is 6.04 Å². The quantitative estimate of drug-likeness (QED) is 0.720. The summed E-state index contributed by atoms with van der Waals surface area (Å²) < 4.78 is 1.23. The van der Waals surface area contributed by atoms with E-state index in [1.807, 2.05) is 18.2 Å². The summed E-state index contributed by atoms with van der Waals surface area (Å²) in [4.78, 5) is 11.5. The lowest BCUT2D eigenvalue weighted by Gasteiger charge is -2.24. The molecule has 0 bridgehead atoms. The van der Waals surface area contributed by atoms with Crippen molar-refractivity contribution in [3.63, 3.8) is 0 Å². The van der Waals surface area contributed by atoms with E-state index in [9.17, 15) is 0 Å². The van der Waals surface area contributed by atoms with E-state index in [4.69, 9.17) is 10.2 Å². The van der Waals surface area contributed by atoms with Crippen molar-refractivity contribution >= 4 is 27.4 Å². The lowest BCUT2D eigenvalue weighted by molar-refractivity contribution is 0.707. The van der Waals surface area contributed by atoms with E-state index in [0.717, 1.165) is 35.7 Å². The minimum Gasteiger partial charge on any atom is -0.347 e. The average molecular weight is 306 g/mol. The SMILES string of the molecule is N#Cc1ccc(N2CCCC2c2nc3ccccc3s2)nc1. The Morgan fingerprint density at radius 1 is 1.23 bits per heavy atom. The van der Waals surface area contributed by atoms with Crippen molar-refractivity contribution in [2.75, 3.05) is 11.4 Å². The third-order valence-corrected chi connectivity index (χ3v) is 5.16. The molecule has 4 rings (SSSR count). The standard InChI is InChI=1S/C17H14N4S/c18-10-12-7-8-16(19-11-12)21-9-3-5-14(21)17-20-13-4-1-2-6-15(13)22-17/h1-2,4,6-8,11,14H,3,5,9H2. The topological polar surface area (TPSA) is 52.8 Å². The molecule has 5 heteroatoms. The highest BCUT2D eigenvalue weighted by atomic mass is 32.1. The fraction of sp³-hybridized carbons (Fsp3) is 0.235. The summed E-state index contributed by atoms with van der Waals surface area (Å²) in [5.41, 5.74) is 1.67. The van der Waals surface area contributed by atoms with Crippen LogP contribution in [0.3, 0.4) is 0 Å². The van der Waals surface area contributed by atoms with Crippen LogP contribution < -0.4 is 4.90 Å². The molecule has 0 aliphatic carbocycles.